The van der Waals surface area contributed by atoms with Crippen molar-refractivity contribution in [3.05, 3.63) is 93.4 Å². The monoisotopic (exact) mass is 653 g/mol. The summed E-state index contributed by atoms with van der Waals surface area (Å²) in [5.41, 5.74) is 3.86. The molecule has 3 heterocycles. The molecular formula is C33H35N9O6. The molecule has 15 nitrogen and oxygen atoms in total. The number of nitrogens with zero attached hydrogens (tertiary/aromatic N) is 5. The molecule has 0 bridgehead atoms. The lowest BCUT2D eigenvalue weighted by Crippen LogP contribution is -2.41. The molecule has 1 aliphatic heterocycles. The Morgan fingerprint density at radius 3 is 2.52 bits per heavy atom. The van der Waals surface area contributed by atoms with Crippen molar-refractivity contribution in [2.45, 2.75) is 47.2 Å². The van der Waals surface area contributed by atoms with Crippen LogP contribution in [-0.4, -0.2) is 50.4 Å². The zero-order chi connectivity index (χ0) is 34.5. The molecular weight excluding hydrogens is 618 g/mol. The van der Waals surface area contributed by atoms with Crippen LogP contribution in [0.3, 0.4) is 0 Å². The number of aromatic nitrogens is 3. The van der Waals surface area contributed by atoms with Crippen LogP contribution < -0.4 is 30.9 Å². The lowest BCUT2D eigenvalue weighted by atomic mass is 10.1. The number of benzene rings is 2. The van der Waals surface area contributed by atoms with Gasteiger partial charge in [-0.05, 0) is 62.6 Å². The van der Waals surface area contributed by atoms with E-state index in [0.29, 0.717) is 34.4 Å². The third-order valence-corrected chi connectivity index (χ3v) is 7.33. The Labute approximate surface area is 276 Å². The maximum Gasteiger partial charge on any atom is 0.327 e. The van der Waals surface area contributed by atoms with E-state index in [1.165, 1.54) is 30.0 Å². The van der Waals surface area contributed by atoms with Gasteiger partial charge in [-0.3, -0.25) is 34.9 Å². The van der Waals surface area contributed by atoms with Gasteiger partial charge < -0.3 is 20.7 Å². The molecule has 0 fully saturated rings. The molecule has 0 saturated heterocycles. The van der Waals surface area contributed by atoms with Crippen molar-refractivity contribution in [3.63, 3.8) is 0 Å². The number of nitro benzene ring substituents is 1. The Hall–Kier alpha value is -6.12. The number of ether oxygens (including phenoxy) is 1. The van der Waals surface area contributed by atoms with Gasteiger partial charge in [-0.15, -0.1) is 0 Å². The number of nitrogens with one attached hydrogen (secondary N) is 4. The molecule has 48 heavy (non-hydrogen) atoms. The Kier molecular flexibility index (Phi) is 9.77. The van der Waals surface area contributed by atoms with Crippen LogP contribution in [0.5, 0.6) is 5.75 Å². The fraction of sp³-hybridized carbons (Fsp3) is 0.273. The van der Waals surface area contributed by atoms with E-state index in [1.807, 2.05) is 39.8 Å². The first-order valence-electron chi connectivity index (χ1n) is 15.2. The van der Waals surface area contributed by atoms with Crippen molar-refractivity contribution < 1.29 is 24.0 Å². The molecule has 1 aliphatic rings. The maximum atomic E-state index is 13.2. The second-order valence-electron chi connectivity index (χ2n) is 11.7. The smallest absolute Gasteiger partial charge is 0.327 e. The quantitative estimate of drug-likeness (QED) is 0.119. The van der Waals surface area contributed by atoms with Crippen molar-refractivity contribution >= 4 is 52.4 Å². The number of nitro groups is 1. The number of amides is 4. The van der Waals surface area contributed by atoms with Crippen molar-refractivity contribution in [1.29, 1.82) is 0 Å². The molecule has 0 aliphatic carbocycles. The molecule has 0 unspecified atom stereocenters. The molecule has 0 spiro atoms. The normalized spacial score (nSPS) is 12.9. The van der Waals surface area contributed by atoms with Gasteiger partial charge in [0.05, 0.1) is 35.6 Å². The zero-order valence-electron chi connectivity index (χ0n) is 27.0. The molecule has 0 saturated carbocycles. The van der Waals surface area contributed by atoms with Gasteiger partial charge in [0.25, 0.3) is 5.91 Å². The number of hydrogen-bond donors (Lipinski definition) is 4. The van der Waals surface area contributed by atoms with E-state index in [1.54, 1.807) is 30.6 Å². The van der Waals surface area contributed by atoms with Crippen molar-refractivity contribution in [2.24, 2.45) is 5.92 Å². The first-order valence-corrected chi connectivity index (χ1v) is 15.2. The molecule has 4 N–H and O–H groups in total. The Morgan fingerprint density at radius 1 is 1.04 bits per heavy atom. The van der Waals surface area contributed by atoms with Gasteiger partial charge >= 0.3 is 11.7 Å². The van der Waals surface area contributed by atoms with E-state index in [4.69, 9.17) is 4.74 Å². The molecule has 4 amide bonds. The molecule has 2 aromatic heterocycles. The molecule has 15 heteroatoms. The zero-order valence-corrected chi connectivity index (χ0v) is 27.0. The minimum absolute atomic E-state index is 0.0292. The van der Waals surface area contributed by atoms with Crippen molar-refractivity contribution in [1.82, 2.24) is 20.3 Å². The van der Waals surface area contributed by atoms with Gasteiger partial charge in [0.1, 0.15) is 11.9 Å². The second kappa shape index (κ2) is 14.1. The van der Waals surface area contributed by atoms with E-state index >= 15 is 0 Å². The minimum atomic E-state index is -0.974. The van der Waals surface area contributed by atoms with E-state index in [2.05, 4.69) is 36.2 Å². The van der Waals surface area contributed by atoms with Gasteiger partial charge in [0, 0.05) is 40.8 Å². The number of carbonyl (C=O) groups excluding carboxylic acids is 3. The highest BCUT2D eigenvalue weighted by Gasteiger charge is 2.28. The molecule has 0 radical (unpaired) electrons. The van der Waals surface area contributed by atoms with Crippen molar-refractivity contribution in [3.8, 4) is 5.75 Å². The van der Waals surface area contributed by atoms with Crippen LogP contribution in [0.25, 0.3) is 0 Å². The molecule has 4 aromatic rings. The lowest BCUT2D eigenvalue weighted by Gasteiger charge is -2.30. The van der Waals surface area contributed by atoms with Gasteiger partial charge in [0.15, 0.2) is 5.75 Å². The fourth-order valence-electron chi connectivity index (χ4n) is 4.72. The van der Waals surface area contributed by atoms with Crippen LogP contribution in [0.15, 0.2) is 60.9 Å². The van der Waals surface area contributed by atoms with Crippen LogP contribution in [0.2, 0.25) is 0 Å². The molecule has 5 rings (SSSR count). The summed E-state index contributed by atoms with van der Waals surface area (Å²) < 4.78 is 5.57. The lowest BCUT2D eigenvalue weighted by molar-refractivity contribution is -0.385. The summed E-state index contributed by atoms with van der Waals surface area (Å²) in [6.45, 7) is 9.46. The van der Waals surface area contributed by atoms with Gasteiger partial charge in [-0.2, -0.15) is 4.98 Å². The summed E-state index contributed by atoms with van der Waals surface area (Å²) in [6, 6.07) is 11.3. The first-order chi connectivity index (χ1) is 22.9. The Morgan fingerprint density at radius 2 is 1.81 bits per heavy atom. The number of aryl methyl sites for hydroxylation is 2. The SMILES string of the molecule is Cc1ccc(Nc2ncc3c(n2)NC(=O)N(c2cc(NC(=O)[C@H](C)NC(=O)c4ccc([N+](=O)[O-])c(OCC(C)C)c4)ccc2C)C3)cn1. The number of fused-ring (bicyclic) bond motifs is 1. The average molecular weight is 654 g/mol. The predicted octanol–water partition coefficient (Wildman–Crippen LogP) is 5.48. The van der Waals surface area contributed by atoms with E-state index in [9.17, 15) is 24.5 Å². The highest BCUT2D eigenvalue weighted by atomic mass is 16.6. The van der Waals surface area contributed by atoms with Gasteiger partial charge in [0.2, 0.25) is 11.9 Å². The third-order valence-electron chi connectivity index (χ3n) is 7.33. The minimum Gasteiger partial charge on any atom is -0.487 e. The summed E-state index contributed by atoms with van der Waals surface area (Å²) in [6.07, 6.45) is 3.30. The number of hydrogen-bond acceptors (Lipinski definition) is 10. The number of pyridine rings is 1. The molecule has 2 aromatic carbocycles. The second-order valence-corrected chi connectivity index (χ2v) is 11.7. The van der Waals surface area contributed by atoms with Crippen molar-refractivity contribution in [2.75, 3.05) is 27.5 Å². The summed E-state index contributed by atoms with van der Waals surface area (Å²) in [4.78, 5) is 64.7. The Balaban J connectivity index is 1.25. The van der Waals surface area contributed by atoms with Crippen LogP contribution in [0.4, 0.5) is 39.3 Å². The molecule has 248 valence electrons. The van der Waals surface area contributed by atoms with E-state index in [-0.39, 0.29) is 36.1 Å². The fourth-order valence-corrected chi connectivity index (χ4v) is 4.72. The van der Waals surface area contributed by atoms with Crippen LogP contribution in [0, 0.1) is 29.9 Å². The predicted molar refractivity (Wildman–Crippen MR) is 180 cm³/mol. The molecule has 1 atom stereocenters. The largest absolute Gasteiger partial charge is 0.487 e. The van der Waals surface area contributed by atoms with Gasteiger partial charge in [-0.25, -0.2) is 9.78 Å². The topological polar surface area (TPSA) is 194 Å². The average Bonchev–Trinajstić information content (AvgIpc) is 3.05. The number of rotatable bonds is 11. The third kappa shape index (κ3) is 7.81. The first kappa shape index (κ1) is 33.2. The van der Waals surface area contributed by atoms with E-state index in [0.717, 1.165) is 11.3 Å². The summed E-state index contributed by atoms with van der Waals surface area (Å²) in [7, 11) is 0. The van der Waals surface area contributed by atoms with Crippen LogP contribution >= 0.6 is 0 Å². The van der Waals surface area contributed by atoms with Crippen LogP contribution in [0.1, 0.15) is 48.0 Å². The number of carbonyl (C=O) groups is 3. The highest BCUT2D eigenvalue weighted by Crippen LogP contribution is 2.32. The van der Waals surface area contributed by atoms with Gasteiger partial charge in [-0.1, -0.05) is 19.9 Å². The summed E-state index contributed by atoms with van der Waals surface area (Å²) >= 11 is 0. The maximum absolute atomic E-state index is 13.2. The number of anilines is 5. The number of urea groups is 1. The standard InChI is InChI=1S/C33H35N9O6/c1-18(2)17-48-28-12-22(8-11-26(28)42(46)47)31(44)36-21(5)30(43)37-24-9-6-19(3)27(13-24)41-16-23-14-35-32(39-29(23)40-33(41)45)38-25-10-7-20(4)34-15-25/h6-15,18,21H,16-17H2,1-5H3,(H,36,44)(H,37,43)(H2,35,38,39,40,45)/t21-/m0/s1. The van der Waals surface area contributed by atoms with E-state index < -0.39 is 28.8 Å². The summed E-state index contributed by atoms with van der Waals surface area (Å²) in [5, 5.41) is 22.7. The highest BCUT2D eigenvalue weighted by molar-refractivity contribution is 6.05. The Bertz CT molecular complexity index is 1880. The summed E-state index contributed by atoms with van der Waals surface area (Å²) in [5.74, 6) is -0.344. The van der Waals surface area contributed by atoms with Crippen LogP contribution in [-0.2, 0) is 11.3 Å².